The van der Waals surface area contributed by atoms with Crippen LogP contribution >= 0.6 is 12.4 Å². The minimum Gasteiger partial charge on any atom is -0.316 e. The summed E-state index contributed by atoms with van der Waals surface area (Å²) in [6.45, 7) is 4.05. The van der Waals surface area contributed by atoms with E-state index in [2.05, 4.69) is 10.0 Å². The van der Waals surface area contributed by atoms with E-state index in [1.54, 1.807) is 6.92 Å². The molecule has 120 valence electrons. The van der Waals surface area contributed by atoms with Gasteiger partial charge in [0.15, 0.2) is 0 Å². The van der Waals surface area contributed by atoms with E-state index in [1.165, 1.54) is 12.1 Å². The topological polar surface area (TPSA) is 58.2 Å². The van der Waals surface area contributed by atoms with Crippen molar-refractivity contribution in [3.8, 4) is 0 Å². The summed E-state index contributed by atoms with van der Waals surface area (Å²) in [6.07, 6.45) is 3.08. The van der Waals surface area contributed by atoms with Crippen LogP contribution in [-0.2, 0) is 10.0 Å². The van der Waals surface area contributed by atoms with Crippen LogP contribution in [0, 0.1) is 18.7 Å². The second-order valence-electron chi connectivity index (χ2n) is 5.31. The zero-order chi connectivity index (χ0) is 14.6. The first-order valence-corrected chi connectivity index (χ1v) is 8.44. The molecule has 1 unspecified atom stereocenters. The minimum atomic E-state index is -3.62. The monoisotopic (exact) mass is 336 g/mol. The second-order valence-corrected chi connectivity index (χ2v) is 7.04. The number of halogens is 2. The van der Waals surface area contributed by atoms with Gasteiger partial charge in [-0.2, -0.15) is 0 Å². The van der Waals surface area contributed by atoms with Crippen molar-refractivity contribution in [3.63, 3.8) is 0 Å². The molecule has 0 aromatic heterocycles. The van der Waals surface area contributed by atoms with Gasteiger partial charge in [0.1, 0.15) is 5.82 Å². The van der Waals surface area contributed by atoms with Gasteiger partial charge < -0.3 is 5.32 Å². The Labute approximate surface area is 132 Å². The van der Waals surface area contributed by atoms with Crippen LogP contribution in [0.1, 0.15) is 24.8 Å². The van der Waals surface area contributed by atoms with Gasteiger partial charge in [-0.1, -0.05) is 6.07 Å². The summed E-state index contributed by atoms with van der Waals surface area (Å²) in [4.78, 5) is 0.0271. The lowest BCUT2D eigenvalue weighted by atomic mass is 9.96. The van der Waals surface area contributed by atoms with Crippen LogP contribution in [-0.4, -0.2) is 28.1 Å². The molecule has 4 nitrogen and oxygen atoms in total. The number of hydrogen-bond acceptors (Lipinski definition) is 3. The Morgan fingerprint density at radius 1 is 1.43 bits per heavy atom. The molecule has 1 aliphatic heterocycles. The van der Waals surface area contributed by atoms with Crippen LogP contribution in [0.4, 0.5) is 4.39 Å². The number of benzene rings is 1. The highest BCUT2D eigenvalue weighted by Gasteiger charge is 2.18. The highest BCUT2D eigenvalue weighted by molar-refractivity contribution is 7.89. The van der Waals surface area contributed by atoms with Crippen LogP contribution in [0.3, 0.4) is 0 Å². The number of piperidine rings is 1. The van der Waals surface area contributed by atoms with Gasteiger partial charge in [0.2, 0.25) is 10.0 Å². The molecule has 0 spiro atoms. The lowest BCUT2D eigenvalue weighted by molar-refractivity contribution is 0.358. The van der Waals surface area contributed by atoms with E-state index in [-0.39, 0.29) is 17.3 Å². The molecule has 0 saturated carbocycles. The Kier molecular flexibility index (Phi) is 7.06. The fourth-order valence-corrected chi connectivity index (χ4v) is 3.81. The molecule has 7 heteroatoms. The number of aryl methyl sites for hydroxylation is 1. The Balaban J connectivity index is 0.00000220. The molecule has 1 heterocycles. The van der Waals surface area contributed by atoms with Crippen molar-refractivity contribution in [2.45, 2.75) is 31.1 Å². The molecule has 21 heavy (non-hydrogen) atoms. The Bertz CT molecular complexity index is 560. The average Bonchev–Trinajstić information content (AvgIpc) is 2.42. The highest BCUT2D eigenvalue weighted by Crippen LogP contribution is 2.17. The SMILES string of the molecule is Cc1ccc(F)cc1S(=O)(=O)NCCC1CCCNC1.Cl. The largest absolute Gasteiger partial charge is 0.316 e. The van der Waals surface area contributed by atoms with Crippen molar-refractivity contribution in [2.24, 2.45) is 5.92 Å². The summed E-state index contributed by atoms with van der Waals surface area (Å²) < 4.78 is 40.1. The van der Waals surface area contributed by atoms with Gasteiger partial charge in [0.25, 0.3) is 0 Å². The lowest BCUT2D eigenvalue weighted by Gasteiger charge is -2.22. The van der Waals surface area contributed by atoms with Crippen molar-refractivity contribution in [1.82, 2.24) is 10.0 Å². The van der Waals surface area contributed by atoms with Crippen molar-refractivity contribution in [3.05, 3.63) is 29.6 Å². The third kappa shape index (κ3) is 5.21. The quantitative estimate of drug-likeness (QED) is 0.867. The number of hydrogen-bond donors (Lipinski definition) is 2. The van der Waals surface area contributed by atoms with E-state index in [1.807, 2.05) is 0 Å². The van der Waals surface area contributed by atoms with E-state index < -0.39 is 15.8 Å². The van der Waals surface area contributed by atoms with Crippen molar-refractivity contribution in [1.29, 1.82) is 0 Å². The third-order valence-corrected chi connectivity index (χ3v) is 5.29. The first kappa shape index (κ1) is 18.4. The molecule has 2 rings (SSSR count). The zero-order valence-corrected chi connectivity index (χ0v) is 13.7. The fourth-order valence-electron chi connectivity index (χ4n) is 2.51. The maximum atomic E-state index is 13.2. The molecule has 1 aromatic carbocycles. The first-order chi connectivity index (χ1) is 9.49. The van der Waals surface area contributed by atoms with Gasteiger partial charge in [0, 0.05) is 6.54 Å². The second kappa shape index (κ2) is 8.08. The van der Waals surface area contributed by atoms with Crippen LogP contribution in [0.5, 0.6) is 0 Å². The number of nitrogens with one attached hydrogen (secondary N) is 2. The predicted octanol–water partition coefficient (Wildman–Crippen LogP) is 2.22. The molecule has 1 fully saturated rings. The minimum absolute atomic E-state index is 0. The lowest BCUT2D eigenvalue weighted by Crippen LogP contribution is -2.33. The standard InChI is InChI=1S/C14H21FN2O2S.ClH/c1-11-4-5-13(15)9-14(11)20(18,19)17-8-6-12-3-2-7-16-10-12;/h4-5,9,12,16-17H,2-3,6-8,10H2,1H3;1H. The van der Waals surface area contributed by atoms with Crippen LogP contribution < -0.4 is 10.0 Å². The Morgan fingerprint density at radius 2 is 2.19 bits per heavy atom. The summed E-state index contributed by atoms with van der Waals surface area (Å²) >= 11 is 0. The Hall–Kier alpha value is -0.690. The summed E-state index contributed by atoms with van der Waals surface area (Å²) in [5.74, 6) is -0.0208. The highest BCUT2D eigenvalue weighted by atomic mass is 35.5. The molecule has 0 bridgehead atoms. The molecule has 0 amide bonds. The van der Waals surface area contributed by atoms with E-state index in [0.29, 0.717) is 18.0 Å². The van der Waals surface area contributed by atoms with Crippen molar-refractivity contribution >= 4 is 22.4 Å². The first-order valence-electron chi connectivity index (χ1n) is 6.95. The number of rotatable bonds is 5. The van der Waals surface area contributed by atoms with Crippen LogP contribution in [0.2, 0.25) is 0 Å². The molecule has 0 radical (unpaired) electrons. The fraction of sp³-hybridized carbons (Fsp3) is 0.571. The van der Waals surface area contributed by atoms with Gasteiger partial charge in [0.05, 0.1) is 4.90 Å². The van der Waals surface area contributed by atoms with Crippen LogP contribution in [0.15, 0.2) is 23.1 Å². The molecule has 1 aromatic rings. The zero-order valence-electron chi connectivity index (χ0n) is 12.1. The van der Waals surface area contributed by atoms with Crippen molar-refractivity contribution in [2.75, 3.05) is 19.6 Å². The number of sulfonamides is 1. The molecule has 1 atom stereocenters. The van der Waals surface area contributed by atoms with E-state index in [0.717, 1.165) is 38.4 Å². The maximum Gasteiger partial charge on any atom is 0.240 e. The molecule has 0 aliphatic carbocycles. The molecule has 1 aliphatic rings. The van der Waals surface area contributed by atoms with Gasteiger partial charge in [-0.25, -0.2) is 17.5 Å². The summed E-state index contributed by atoms with van der Waals surface area (Å²) in [5, 5.41) is 3.30. The molecular weight excluding hydrogens is 315 g/mol. The summed E-state index contributed by atoms with van der Waals surface area (Å²) in [7, 11) is -3.62. The van der Waals surface area contributed by atoms with E-state index in [9.17, 15) is 12.8 Å². The van der Waals surface area contributed by atoms with E-state index in [4.69, 9.17) is 0 Å². The van der Waals surface area contributed by atoms with Crippen molar-refractivity contribution < 1.29 is 12.8 Å². The van der Waals surface area contributed by atoms with Gasteiger partial charge in [-0.05, 0) is 62.9 Å². The molecule has 1 saturated heterocycles. The smallest absolute Gasteiger partial charge is 0.240 e. The summed E-state index contributed by atoms with van der Waals surface area (Å²) in [6, 6.07) is 3.82. The van der Waals surface area contributed by atoms with E-state index >= 15 is 0 Å². The normalized spacial score (nSPS) is 19.0. The third-order valence-electron chi connectivity index (χ3n) is 3.68. The predicted molar refractivity (Wildman–Crippen MR) is 83.8 cm³/mol. The van der Waals surface area contributed by atoms with Crippen LogP contribution in [0.25, 0.3) is 0 Å². The maximum absolute atomic E-state index is 13.2. The van der Waals surface area contributed by atoms with Gasteiger partial charge >= 0.3 is 0 Å². The summed E-state index contributed by atoms with van der Waals surface area (Å²) in [5.41, 5.74) is 0.554. The van der Waals surface area contributed by atoms with Gasteiger partial charge in [-0.15, -0.1) is 12.4 Å². The molecular formula is C14H22ClFN2O2S. The Morgan fingerprint density at radius 3 is 2.86 bits per heavy atom. The average molecular weight is 337 g/mol. The van der Waals surface area contributed by atoms with Gasteiger partial charge in [-0.3, -0.25) is 0 Å². The molecule has 2 N–H and O–H groups in total.